The van der Waals surface area contributed by atoms with Gasteiger partial charge in [-0.15, -0.1) is 0 Å². The maximum Gasteiger partial charge on any atom is 0.272 e. The molecule has 0 spiro atoms. The molecule has 1 aromatic carbocycles. The number of likely N-dealkylation sites (tertiary alicyclic amines) is 1. The van der Waals surface area contributed by atoms with Crippen molar-refractivity contribution < 1.29 is 9.59 Å². The van der Waals surface area contributed by atoms with Gasteiger partial charge in [0.05, 0.1) is 0 Å². The van der Waals surface area contributed by atoms with E-state index in [4.69, 9.17) is 0 Å². The summed E-state index contributed by atoms with van der Waals surface area (Å²) < 4.78 is 0. The van der Waals surface area contributed by atoms with E-state index in [1.165, 1.54) is 6.20 Å². The van der Waals surface area contributed by atoms with E-state index in [-0.39, 0.29) is 11.8 Å². The van der Waals surface area contributed by atoms with E-state index >= 15 is 0 Å². The van der Waals surface area contributed by atoms with Crippen LogP contribution < -0.4 is 5.32 Å². The number of hydrogen-bond acceptors (Lipinski definition) is 3. The van der Waals surface area contributed by atoms with E-state index in [1.807, 2.05) is 36.1 Å². The zero-order chi connectivity index (χ0) is 16.9. The normalized spacial score (nSPS) is 14.3. The molecule has 2 aromatic rings. The lowest BCUT2D eigenvalue weighted by atomic mass is 10.1. The van der Waals surface area contributed by atoms with E-state index in [0.717, 1.165) is 43.6 Å². The first-order chi connectivity index (χ1) is 11.6. The van der Waals surface area contributed by atoms with Crippen molar-refractivity contribution in [2.45, 2.75) is 26.2 Å². The van der Waals surface area contributed by atoms with Gasteiger partial charge in [0.2, 0.25) is 0 Å². The van der Waals surface area contributed by atoms with Crippen molar-refractivity contribution >= 4 is 17.5 Å². The van der Waals surface area contributed by atoms with E-state index in [1.54, 1.807) is 12.1 Å². The second-order valence-electron chi connectivity index (χ2n) is 6.05. The maximum absolute atomic E-state index is 12.5. The second kappa shape index (κ2) is 7.25. The van der Waals surface area contributed by atoms with Crippen LogP contribution in [0, 0.1) is 6.92 Å². The fourth-order valence-electron chi connectivity index (χ4n) is 2.86. The molecule has 124 valence electrons. The molecule has 0 bridgehead atoms. The number of benzene rings is 1. The summed E-state index contributed by atoms with van der Waals surface area (Å²) in [5, 5.41) is 2.88. The topological polar surface area (TPSA) is 62.3 Å². The third kappa shape index (κ3) is 3.62. The van der Waals surface area contributed by atoms with E-state index in [2.05, 4.69) is 10.3 Å². The Morgan fingerprint density at radius 1 is 1.08 bits per heavy atom. The van der Waals surface area contributed by atoms with Crippen LogP contribution in [0.5, 0.6) is 0 Å². The van der Waals surface area contributed by atoms with E-state index in [0.29, 0.717) is 11.3 Å². The number of pyridine rings is 1. The Balaban J connectivity index is 1.76. The average molecular weight is 323 g/mol. The number of carbonyl (C=O) groups excluding carboxylic acids is 2. The lowest BCUT2D eigenvalue weighted by Gasteiger charge is -2.26. The number of carbonyl (C=O) groups is 2. The maximum atomic E-state index is 12.5. The van der Waals surface area contributed by atoms with Gasteiger partial charge in [0, 0.05) is 30.5 Å². The van der Waals surface area contributed by atoms with Gasteiger partial charge >= 0.3 is 0 Å². The number of rotatable bonds is 3. The fraction of sp³-hybridized carbons (Fsp3) is 0.316. The molecular formula is C19H21N3O2. The molecule has 5 heteroatoms. The van der Waals surface area contributed by atoms with Crippen LogP contribution in [0.3, 0.4) is 0 Å². The van der Waals surface area contributed by atoms with Crippen molar-refractivity contribution in [2.24, 2.45) is 0 Å². The first-order valence-corrected chi connectivity index (χ1v) is 8.27. The number of piperidine rings is 1. The summed E-state index contributed by atoms with van der Waals surface area (Å²) in [5.41, 5.74) is 2.52. The Bertz CT molecular complexity index is 752. The van der Waals surface area contributed by atoms with Crippen LogP contribution in [-0.4, -0.2) is 34.8 Å². The summed E-state index contributed by atoms with van der Waals surface area (Å²) in [6, 6.07) is 10.8. The highest BCUT2D eigenvalue weighted by Crippen LogP contribution is 2.16. The third-order valence-corrected chi connectivity index (χ3v) is 4.28. The Labute approximate surface area is 141 Å². The van der Waals surface area contributed by atoms with Gasteiger partial charge in [0.1, 0.15) is 5.69 Å². The summed E-state index contributed by atoms with van der Waals surface area (Å²) >= 11 is 0. The smallest absolute Gasteiger partial charge is 0.272 e. The van der Waals surface area contributed by atoms with Gasteiger partial charge in [-0.3, -0.25) is 14.6 Å². The molecule has 5 nitrogen and oxygen atoms in total. The molecule has 1 fully saturated rings. The molecule has 1 N–H and O–H groups in total. The van der Waals surface area contributed by atoms with Gasteiger partial charge in [-0.2, -0.15) is 0 Å². The Morgan fingerprint density at radius 3 is 2.58 bits per heavy atom. The Morgan fingerprint density at radius 2 is 1.83 bits per heavy atom. The molecule has 1 aliphatic heterocycles. The molecule has 2 amide bonds. The predicted molar refractivity (Wildman–Crippen MR) is 93.1 cm³/mol. The van der Waals surface area contributed by atoms with Crippen LogP contribution in [0.15, 0.2) is 42.6 Å². The summed E-state index contributed by atoms with van der Waals surface area (Å²) in [6.07, 6.45) is 4.73. The van der Waals surface area contributed by atoms with Gasteiger partial charge in [0.15, 0.2) is 0 Å². The van der Waals surface area contributed by atoms with Crippen molar-refractivity contribution in [1.82, 2.24) is 9.88 Å². The van der Waals surface area contributed by atoms with Crippen LogP contribution >= 0.6 is 0 Å². The molecule has 2 heterocycles. The zero-order valence-corrected chi connectivity index (χ0v) is 13.8. The van der Waals surface area contributed by atoms with Crippen molar-refractivity contribution in [3.05, 3.63) is 59.4 Å². The van der Waals surface area contributed by atoms with Crippen LogP contribution in [0.25, 0.3) is 0 Å². The number of nitrogens with one attached hydrogen (secondary N) is 1. The Kier molecular flexibility index (Phi) is 4.89. The zero-order valence-electron chi connectivity index (χ0n) is 13.8. The summed E-state index contributed by atoms with van der Waals surface area (Å²) in [7, 11) is 0. The SMILES string of the molecule is Cc1ccccc1NC(=O)c1ccnc(C(=O)N2CCCCC2)c1. The van der Waals surface area contributed by atoms with E-state index < -0.39 is 0 Å². The molecule has 0 unspecified atom stereocenters. The monoisotopic (exact) mass is 323 g/mol. The molecule has 1 aliphatic rings. The number of nitrogens with zero attached hydrogens (tertiary/aromatic N) is 2. The van der Waals surface area contributed by atoms with Crippen LogP contribution in [0.4, 0.5) is 5.69 Å². The number of hydrogen-bond donors (Lipinski definition) is 1. The number of amides is 2. The molecule has 1 saturated heterocycles. The molecule has 1 aromatic heterocycles. The highest BCUT2D eigenvalue weighted by Gasteiger charge is 2.20. The van der Waals surface area contributed by atoms with Crippen LogP contribution in [-0.2, 0) is 0 Å². The van der Waals surface area contributed by atoms with Crippen LogP contribution in [0.1, 0.15) is 45.7 Å². The van der Waals surface area contributed by atoms with Crippen molar-refractivity contribution in [2.75, 3.05) is 18.4 Å². The molecule has 0 radical (unpaired) electrons. The highest BCUT2D eigenvalue weighted by atomic mass is 16.2. The van der Waals surface area contributed by atoms with E-state index in [9.17, 15) is 9.59 Å². The van der Waals surface area contributed by atoms with Gasteiger partial charge < -0.3 is 10.2 Å². The number of para-hydroxylation sites is 1. The minimum absolute atomic E-state index is 0.0970. The van der Waals surface area contributed by atoms with Crippen LogP contribution in [0.2, 0.25) is 0 Å². The minimum Gasteiger partial charge on any atom is -0.337 e. The average Bonchev–Trinajstić information content (AvgIpc) is 2.64. The molecule has 24 heavy (non-hydrogen) atoms. The first-order valence-electron chi connectivity index (χ1n) is 8.27. The number of anilines is 1. The summed E-state index contributed by atoms with van der Waals surface area (Å²) in [6.45, 7) is 3.47. The van der Waals surface area contributed by atoms with Gasteiger partial charge in [-0.05, 0) is 49.9 Å². The lowest BCUT2D eigenvalue weighted by molar-refractivity contribution is 0.0718. The van der Waals surface area contributed by atoms with Gasteiger partial charge in [-0.1, -0.05) is 18.2 Å². The first kappa shape index (κ1) is 16.2. The summed E-state index contributed by atoms with van der Waals surface area (Å²) in [5.74, 6) is -0.334. The third-order valence-electron chi connectivity index (χ3n) is 4.28. The number of aryl methyl sites for hydroxylation is 1. The lowest BCUT2D eigenvalue weighted by Crippen LogP contribution is -2.36. The molecular weight excluding hydrogens is 302 g/mol. The Hall–Kier alpha value is -2.69. The molecule has 0 aliphatic carbocycles. The van der Waals surface area contributed by atoms with Crippen molar-refractivity contribution in [1.29, 1.82) is 0 Å². The summed E-state index contributed by atoms with van der Waals surface area (Å²) in [4.78, 5) is 30.9. The second-order valence-corrected chi connectivity index (χ2v) is 6.05. The minimum atomic E-state index is -0.237. The standard InChI is InChI=1S/C19H21N3O2/c1-14-7-3-4-8-16(14)21-18(23)15-9-10-20-17(13-15)19(24)22-11-5-2-6-12-22/h3-4,7-10,13H,2,5-6,11-12H2,1H3,(H,21,23). The van der Waals surface area contributed by atoms with Gasteiger partial charge in [0.25, 0.3) is 11.8 Å². The molecule has 0 atom stereocenters. The number of aromatic nitrogens is 1. The van der Waals surface area contributed by atoms with Gasteiger partial charge in [-0.25, -0.2) is 0 Å². The quantitative estimate of drug-likeness (QED) is 0.943. The van der Waals surface area contributed by atoms with Crippen molar-refractivity contribution in [3.63, 3.8) is 0 Å². The molecule has 0 saturated carbocycles. The van der Waals surface area contributed by atoms with Crippen molar-refractivity contribution in [3.8, 4) is 0 Å². The fourth-order valence-corrected chi connectivity index (χ4v) is 2.86. The highest BCUT2D eigenvalue weighted by molar-refractivity contribution is 6.06. The molecule has 3 rings (SSSR count). The predicted octanol–water partition coefficient (Wildman–Crippen LogP) is 3.27. The largest absolute Gasteiger partial charge is 0.337 e.